The quantitative estimate of drug-likeness (QED) is 0.671. The van der Waals surface area contributed by atoms with Crippen molar-refractivity contribution in [3.05, 3.63) is 48.7 Å². The number of rotatable bonds is 5. The number of nitrogens with zero attached hydrogens (tertiary/aromatic N) is 4. The van der Waals surface area contributed by atoms with Gasteiger partial charge in [0.15, 0.2) is 10.9 Å². The molecule has 0 aliphatic heterocycles. The summed E-state index contributed by atoms with van der Waals surface area (Å²) in [5.41, 5.74) is 1.03. The minimum Gasteiger partial charge on any atom is -0.440 e. The summed E-state index contributed by atoms with van der Waals surface area (Å²) in [7, 11) is 0. The maximum atomic E-state index is 5.78. The summed E-state index contributed by atoms with van der Waals surface area (Å²) in [5.74, 6) is 2.12. The Balaban J connectivity index is 1.69. The minimum absolute atomic E-state index is 0.340. The topological polar surface area (TPSA) is 56.7 Å². The van der Waals surface area contributed by atoms with Gasteiger partial charge in [-0.05, 0) is 13.8 Å². The van der Waals surface area contributed by atoms with E-state index in [1.165, 1.54) is 0 Å². The van der Waals surface area contributed by atoms with Crippen LogP contribution in [-0.4, -0.2) is 19.7 Å². The van der Waals surface area contributed by atoms with E-state index in [0.717, 1.165) is 16.5 Å². The van der Waals surface area contributed by atoms with Crippen molar-refractivity contribution in [1.82, 2.24) is 19.7 Å². The Kier molecular flexibility index (Phi) is 4.06. The van der Waals surface area contributed by atoms with Crippen molar-refractivity contribution in [3.63, 3.8) is 0 Å². The van der Waals surface area contributed by atoms with E-state index in [9.17, 15) is 0 Å². The van der Waals surface area contributed by atoms with Gasteiger partial charge in [-0.2, -0.15) is 0 Å². The van der Waals surface area contributed by atoms with E-state index in [2.05, 4.69) is 29.0 Å². The fourth-order valence-electron chi connectivity index (χ4n) is 1.93. The Bertz CT molecular complexity index is 705. The zero-order valence-corrected chi connectivity index (χ0v) is 12.7. The molecule has 0 N–H and O–H groups in total. The lowest BCUT2D eigenvalue weighted by molar-refractivity contribution is 0.527. The van der Waals surface area contributed by atoms with Crippen LogP contribution < -0.4 is 0 Å². The largest absolute Gasteiger partial charge is 0.440 e. The van der Waals surface area contributed by atoms with Crippen LogP contribution in [0.2, 0.25) is 0 Å². The maximum absolute atomic E-state index is 5.78. The second kappa shape index (κ2) is 6.13. The number of benzene rings is 1. The third-order valence-corrected chi connectivity index (χ3v) is 3.98. The first kappa shape index (κ1) is 13.9. The van der Waals surface area contributed by atoms with Crippen LogP contribution in [0.5, 0.6) is 0 Å². The van der Waals surface area contributed by atoms with Gasteiger partial charge in [-0.25, -0.2) is 4.98 Å². The predicted molar refractivity (Wildman–Crippen MR) is 81.9 cm³/mol. The van der Waals surface area contributed by atoms with Crippen molar-refractivity contribution in [1.29, 1.82) is 0 Å². The molecular formula is C15H16N4OS. The molecule has 1 aromatic carbocycles. The summed E-state index contributed by atoms with van der Waals surface area (Å²) in [5, 5.41) is 8.95. The number of hydrogen-bond acceptors (Lipinski definition) is 5. The van der Waals surface area contributed by atoms with Gasteiger partial charge in [0.1, 0.15) is 6.33 Å². The van der Waals surface area contributed by atoms with Crippen LogP contribution in [0.3, 0.4) is 0 Å². The molecule has 0 aliphatic carbocycles. The summed E-state index contributed by atoms with van der Waals surface area (Å²) in [6, 6.07) is 10.3. The van der Waals surface area contributed by atoms with Crippen LogP contribution in [0.15, 0.2) is 52.4 Å². The zero-order valence-electron chi connectivity index (χ0n) is 11.9. The molecule has 5 nitrogen and oxygen atoms in total. The number of oxazole rings is 1. The number of thioether (sulfide) groups is 1. The Morgan fingerprint density at radius 3 is 2.81 bits per heavy atom. The van der Waals surface area contributed by atoms with Gasteiger partial charge in [0, 0.05) is 11.6 Å². The van der Waals surface area contributed by atoms with Gasteiger partial charge in [0.25, 0.3) is 0 Å². The average Bonchev–Trinajstić information content (AvgIpc) is 3.15. The van der Waals surface area contributed by atoms with Crippen molar-refractivity contribution in [2.75, 3.05) is 0 Å². The molecule has 3 aromatic rings. The molecule has 0 spiro atoms. The second-order valence-corrected chi connectivity index (χ2v) is 5.83. The maximum Gasteiger partial charge on any atom is 0.205 e. The summed E-state index contributed by atoms with van der Waals surface area (Å²) in [6.07, 6.45) is 3.51. The Hall–Kier alpha value is -2.08. The highest BCUT2D eigenvalue weighted by Crippen LogP contribution is 2.25. The van der Waals surface area contributed by atoms with Crippen LogP contribution in [0.4, 0.5) is 0 Å². The van der Waals surface area contributed by atoms with E-state index >= 15 is 0 Å². The molecule has 0 saturated carbocycles. The SMILES string of the molecule is CC(C)n1cnnc1SCc1ncc(-c2ccccc2)o1. The summed E-state index contributed by atoms with van der Waals surface area (Å²) in [6.45, 7) is 4.21. The molecule has 0 amide bonds. The lowest BCUT2D eigenvalue weighted by Gasteiger charge is -2.08. The molecule has 0 aliphatic rings. The lowest BCUT2D eigenvalue weighted by Crippen LogP contribution is -2.00. The van der Waals surface area contributed by atoms with Gasteiger partial charge >= 0.3 is 0 Å². The van der Waals surface area contributed by atoms with Crippen molar-refractivity contribution in [2.45, 2.75) is 30.8 Å². The zero-order chi connectivity index (χ0) is 14.7. The van der Waals surface area contributed by atoms with Crippen LogP contribution in [0.25, 0.3) is 11.3 Å². The van der Waals surface area contributed by atoms with Gasteiger partial charge in [-0.3, -0.25) is 0 Å². The minimum atomic E-state index is 0.340. The van der Waals surface area contributed by atoms with E-state index in [0.29, 0.717) is 17.7 Å². The molecule has 0 atom stereocenters. The lowest BCUT2D eigenvalue weighted by atomic mass is 10.2. The van der Waals surface area contributed by atoms with Gasteiger partial charge in [-0.1, -0.05) is 42.1 Å². The molecule has 0 radical (unpaired) electrons. The van der Waals surface area contributed by atoms with Gasteiger partial charge in [-0.15, -0.1) is 10.2 Å². The standard InChI is InChI=1S/C15H16N4OS/c1-11(2)19-10-17-18-15(19)21-9-14-16-8-13(20-14)12-6-4-3-5-7-12/h3-8,10-11H,9H2,1-2H3. The first-order valence-electron chi connectivity index (χ1n) is 6.76. The molecule has 3 rings (SSSR count). The van der Waals surface area contributed by atoms with E-state index < -0.39 is 0 Å². The summed E-state index contributed by atoms with van der Waals surface area (Å²) < 4.78 is 7.81. The summed E-state index contributed by atoms with van der Waals surface area (Å²) >= 11 is 1.58. The number of hydrogen-bond donors (Lipinski definition) is 0. The summed E-state index contributed by atoms with van der Waals surface area (Å²) in [4.78, 5) is 4.32. The molecule has 6 heteroatoms. The van der Waals surface area contributed by atoms with Gasteiger partial charge in [0.05, 0.1) is 11.9 Å². The van der Waals surface area contributed by atoms with E-state index in [1.807, 2.05) is 34.9 Å². The highest BCUT2D eigenvalue weighted by Gasteiger charge is 2.11. The van der Waals surface area contributed by atoms with Crippen molar-refractivity contribution in [3.8, 4) is 11.3 Å². The third kappa shape index (κ3) is 3.16. The molecule has 2 heterocycles. The Morgan fingerprint density at radius 2 is 2.05 bits per heavy atom. The predicted octanol–water partition coefficient (Wildman–Crippen LogP) is 3.81. The highest BCUT2D eigenvalue weighted by atomic mass is 32.2. The first-order chi connectivity index (χ1) is 10.2. The Labute approximate surface area is 127 Å². The van der Waals surface area contributed by atoms with Gasteiger partial charge < -0.3 is 8.98 Å². The average molecular weight is 300 g/mol. The normalized spacial score (nSPS) is 11.2. The third-order valence-electron chi connectivity index (χ3n) is 3.03. The fraction of sp³-hybridized carbons (Fsp3) is 0.267. The van der Waals surface area contributed by atoms with E-state index in [4.69, 9.17) is 4.42 Å². The second-order valence-electron chi connectivity index (χ2n) is 4.89. The molecule has 108 valence electrons. The van der Waals surface area contributed by atoms with Crippen LogP contribution in [-0.2, 0) is 5.75 Å². The Morgan fingerprint density at radius 1 is 1.24 bits per heavy atom. The van der Waals surface area contributed by atoms with Crippen molar-refractivity contribution < 1.29 is 4.42 Å². The molecule has 21 heavy (non-hydrogen) atoms. The first-order valence-corrected chi connectivity index (χ1v) is 7.75. The monoisotopic (exact) mass is 300 g/mol. The smallest absolute Gasteiger partial charge is 0.205 e. The fourth-order valence-corrected chi connectivity index (χ4v) is 2.83. The van der Waals surface area contributed by atoms with Crippen LogP contribution >= 0.6 is 11.8 Å². The molecule has 0 bridgehead atoms. The molecular weight excluding hydrogens is 284 g/mol. The van der Waals surface area contributed by atoms with Crippen LogP contribution in [0.1, 0.15) is 25.8 Å². The van der Waals surface area contributed by atoms with Crippen molar-refractivity contribution in [2.24, 2.45) is 0 Å². The highest BCUT2D eigenvalue weighted by molar-refractivity contribution is 7.98. The molecule has 2 aromatic heterocycles. The molecule has 0 unspecified atom stereocenters. The number of aromatic nitrogens is 4. The van der Waals surface area contributed by atoms with Crippen LogP contribution in [0, 0.1) is 0 Å². The van der Waals surface area contributed by atoms with Crippen molar-refractivity contribution >= 4 is 11.8 Å². The van der Waals surface area contributed by atoms with E-state index in [1.54, 1.807) is 24.3 Å². The van der Waals surface area contributed by atoms with Gasteiger partial charge in [0.2, 0.25) is 5.89 Å². The molecule has 0 fully saturated rings. The molecule has 0 saturated heterocycles. The van der Waals surface area contributed by atoms with E-state index in [-0.39, 0.29) is 0 Å².